The lowest BCUT2D eigenvalue weighted by Crippen LogP contribution is -2.34. The van der Waals surface area contributed by atoms with Crippen molar-refractivity contribution in [1.82, 2.24) is 10.6 Å². The SMILES string of the molecule is COC(=O)c1ccc(CCNC(=O)C2CC23CCNCC3)cc1. The van der Waals surface area contributed by atoms with E-state index in [1.807, 2.05) is 12.1 Å². The molecule has 2 fully saturated rings. The maximum absolute atomic E-state index is 12.3. The van der Waals surface area contributed by atoms with E-state index in [0.717, 1.165) is 44.3 Å². The molecule has 1 aliphatic carbocycles. The lowest BCUT2D eigenvalue weighted by molar-refractivity contribution is -0.123. The van der Waals surface area contributed by atoms with Crippen LogP contribution in [0.5, 0.6) is 0 Å². The zero-order chi connectivity index (χ0) is 16.3. The highest BCUT2D eigenvalue weighted by atomic mass is 16.5. The molecule has 1 aromatic rings. The molecule has 1 unspecified atom stereocenters. The molecule has 1 atom stereocenters. The fraction of sp³-hybridized carbons (Fsp3) is 0.556. The second-order valence-electron chi connectivity index (χ2n) is 6.60. The van der Waals surface area contributed by atoms with Gasteiger partial charge in [-0.2, -0.15) is 0 Å². The molecule has 2 aliphatic rings. The molecule has 5 heteroatoms. The van der Waals surface area contributed by atoms with Crippen molar-refractivity contribution in [3.8, 4) is 0 Å². The van der Waals surface area contributed by atoms with E-state index in [4.69, 9.17) is 0 Å². The van der Waals surface area contributed by atoms with Gasteiger partial charge in [0.2, 0.25) is 5.91 Å². The molecule has 0 aromatic heterocycles. The second-order valence-corrected chi connectivity index (χ2v) is 6.60. The minimum absolute atomic E-state index is 0.207. The zero-order valence-electron chi connectivity index (χ0n) is 13.6. The first-order chi connectivity index (χ1) is 11.1. The molecule has 1 saturated carbocycles. The first-order valence-corrected chi connectivity index (χ1v) is 8.30. The second kappa shape index (κ2) is 6.71. The van der Waals surface area contributed by atoms with Crippen LogP contribution in [0.25, 0.3) is 0 Å². The third kappa shape index (κ3) is 3.55. The summed E-state index contributed by atoms with van der Waals surface area (Å²) in [6.45, 7) is 2.72. The third-order valence-electron chi connectivity index (χ3n) is 5.19. The topological polar surface area (TPSA) is 67.4 Å². The summed E-state index contributed by atoms with van der Waals surface area (Å²) in [5.41, 5.74) is 1.94. The highest BCUT2D eigenvalue weighted by Gasteiger charge is 2.57. The monoisotopic (exact) mass is 316 g/mol. The van der Waals surface area contributed by atoms with Gasteiger partial charge in [-0.15, -0.1) is 0 Å². The van der Waals surface area contributed by atoms with Gasteiger partial charge in [0.15, 0.2) is 0 Å². The number of methoxy groups -OCH3 is 1. The molecular formula is C18H24N2O3. The van der Waals surface area contributed by atoms with E-state index in [1.165, 1.54) is 7.11 Å². The molecule has 5 nitrogen and oxygen atoms in total. The fourth-order valence-corrected chi connectivity index (χ4v) is 3.57. The Bertz CT molecular complexity index is 576. The highest BCUT2D eigenvalue weighted by Crippen LogP contribution is 2.58. The van der Waals surface area contributed by atoms with Crippen LogP contribution in [0.1, 0.15) is 35.2 Å². The largest absolute Gasteiger partial charge is 0.465 e. The van der Waals surface area contributed by atoms with Crippen molar-refractivity contribution in [1.29, 1.82) is 0 Å². The fourth-order valence-electron chi connectivity index (χ4n) is 3.57. The van der Waals surface area contributed by atoms with E-state index in [9.17, 15) is 9.59 Å². The van der Waals surface area contributed by atoms with Gasteiger partial charge in [0.1, 0.15) is 0 Å². The quantitative estimate of drug-likeness (QED) is 0.808. The summed E-state index contributed by atoms with van der Waals surface area (Å²) < 4.78 is 4.68. The van der Waals surface area contributed by atoms with Gasteiger partial charge >= 0.3 is 5.97 Å². The van der Waals surface area contributed by atoms with Gasteiger partial charge in [-0.3, -0.25) is 4.79 Å². The van der Waals surface area contributed by atoms with Gasteiger partial charge in [-0.1, -0.05) is 12.1 Å². The Kier molecular flexibility index (Phi) is 4.66. The summed E-state index contributed by atoms with van der Waals surface area (Å²) in [5, 5.41) is 6.42. The lowest BCUT2D eigenvalue weighted by atomic mass is 9.92. The number of carbonyl (C=O) groups is 2. The maximum atomic E-state index is 12.3. The van der Waals surface area contributed by atoms with E-state index < -0.39 is 0 Å². The van der Waals surface area contributed by atoms with Crippen LogP contribution in [0.15, 0.2) is 24.3 Å². The van der Waals surface area contributed by atoms with Crippen molar-refractivity contribution in [2.75, 3.05) is 26.7 Å². The van der Waals surface area contributed by atoms with Crippen LogP contribution in [0.2, 0.25) is 0 Å². The van der Waals surface area contributed by atoms with Gasteiger partial charge < -0.3 is 15.4 Å². The average molecular weight is 316 g/mol. The Morgan fingerprint density at radius 2 is 1.96 bits per heavy atom. The first-order valence-electron chi connectivity index (χ1n) is 8.30. The highest BCUT2D eigenvalue weighted by molar-refractivity contribution is 5.89. The summed E-state index contributed by atoms with van der Waals surface area (Å²) in [6, 6.07) is 7.33. The molecular weight excluding hydrogens is 292 g/mol. The van der Waals surface area contributed by atoms with Gasteiger partial charge in [0.05, 0.1) is 12.7 Å². The number of amides is 1. The molecule has 1 spiro atoms. The molecule has 2 N–H and O–H groups in total. The van der Waals surface area contributed by atoms with E-state index in [2.05, 4.69) is 15.4 Å². The van der Waals surface area contributed by atoms with Crippen LogP contribution in [-0.2, 0) is 16.0 Å². The molecule has 3 rings (SSSR count). The van der Waals surface area contributed by atoms with Crippen molar-refractivity contribution in [2.24, 2.45) is 11.3 Å². The van der Waals surface area contributed by atoms with E-state index >= 15 is 0 Å². The first kappa shape index (κ1) is 16.0. The summed E-state index contributed by atoms with van der Waals surface area (Å²) in [4.78, 5) is 23.6. The molecule has 1 saturated heterocycles. The summed E-state index contributed by atoms with van der Waals surface area (Å²) in [6.07, 6.45) is 4.07. The third-order valence-corrected chi connectivity index (χ3v) is 5.19. The minimum atomic E-state index is -0.328. The smallest absolute Gasteiger partial charge is 0.337 e. The molecule has 0 bridgehead atoms. The number of hydrogen-bond acceptors (Lipinski definition) is 4. The predicted octanol–water partition coefficient (Wildman–Crippen LogP) is 1.52. The molecule has 0 radical (unpaired) electrons. The Hall–Kier alpha value is -1.88. The molecule has 124 valence electrons. The number of esters is 1. The number of benzene rings is 1. The number of nitrogens with one attached hydrogen (secondary N) is 2. The normalized spacial score (nSPS) is 21.7. The van der Waals surface area contributed by atoms with E-state index in [-0.39, 0.29) is 23.2 Å². The number of rotatable bonds is 5. The van der Waals surface area contributed by atoms with Crippen LogP contribution >= 0.6 is 0 Å². The van der Waals surface area contributed by atoms with Crippen molar-refractivity contribution in [3.63, 3.8) is 0 Å². The molecule has 23 heavy (non-hydrogen) atoms. The van der Waals surface area contributed by atoms with Gasteiger partial charge in [0, 0.05) is 12.5 Å². The Morgan fingerprint density at radius 3 is 2.61 bits per heavy atom. The van der Waals surface area contributed by atoms with Gasteiger partial charge in [-0.25, -0.2) is 4.79 Å². The van der Waals surface area contributed by atoms with Crippen LogP contribution in [0.3, 0.4) is 0 Å². The van der Waals surface area contributed by atoms with Crippen LogP contribution < -0.4 is 10.6 Å². The molecule has 1 amide bonds. The van der Waals surface area contributed by atoms with Crippen LogP contribution in [-0.4, -0.2) is 38.6 Å². The van der Waals surface area contributed by atoms with E-state index in [0.29, 0.717) is 12.1 Å². The van der Waals surface area contributed by atoms with Crippen molar-refractivity contribution >= 4 is 11.9 Å². The maximum Gasteiger partial charge on any atom is 0.337 e. The molecule has 1 aliphatic heterocycles. The van der Waals surface area contributed by atoms with Crippen LogP contribution in [0, 0.1) is 11.3 Å². The lowest BCUT2D eigenvalue weighted by Gasteiger charge is -2.23. The molecule has 1 heterocycles. The Balaban J connectivity index is 1.43. The zero-order valence-corrected chi connectivity index (χ0v) is 13.6. The predicted molar refractivity (Wildman–Crippen MR) is 87.1 cm³/mol. The Labute approximate surface area is 136 Å². The minimum Gasteiger partial charge on any atom is -0.465 e. The van der Waals surface area contributed by atoms with Crippen LogP contribution in [0.4, 0.5) is 0 Å². The number of piperidine rings is 1. The average Bonchev–Trinajstić information content (AvgIpc) is 3.28. The number of ether oxygens (including phenoxy) is 1. The molecule has 1 aromatic carbocycles. The van der Waals surface area contributed by atoms with Crippen molar-refractivity contribution in [2.45, 2.75) is 25.7 Å². The van der Waals surface area contributed by atoms with Crippen molar-refractivity contribution in [3.05, 3.63) is 35.4 Å². The van der Waals surface area contributed by atoms with E-state index in [1.54, 1.807) is 12.1 Å². The summed E-state index contributed by atoms with van der Waals surface area (Å²) >= 11 is 0. The Morgan fingerprint density at radius 1 is 1.26 bits per heavy atom. The van der Waals surface area contributed by atoms with Gasteiger partial charge in [0.25, 0.3) is 0 Å². The standard InChI is InChI=1S/C18H24N2O3/c1-23-17(22)14-4-2-13(3-5-14)6-9-20-16(21)15-12-18(15)7-10-19-11-8-18/h2-5,15,19H,6-12H2,1H3,(H,20,21). The number of hydrogen-bond donors (Lipinski definition) is 2. The summed E-state index contributed by atoms with van der Waals surface area (Å²) in [5.74, 6) is 0.0928. The van der Waals surface area contributed by atoms with Crippen molar-refractivity contribution < 1.29 is 14.3 Å². The number of carbonyl (C=O) groups excluding carboxylic acids is 2. The van der Waals surface area contributed by atoms with Gasteiger partial charge in [-0.05, 0) is 61.9 Å². The summed E-state index contributed by atoms with van der Waals surface area (Å²) in [7, 11) is 1.37.